The number of nitrogens with zero attached hydrogens (tertiary/aromatic N) is 2. The number of fused-ring (bicyclic) bond motifs is 10. The van der Waals surface area contributed by atoms with E-state index in [0.29, 0.717) is 0 Å². The highest BCUT2D eigenvalue weighted by Crippen LogP contribution is 2.41. The number of rotatable bonds is 3. The third-order valence-electron chi connectivity index (χ3n) is 9.32. The van der Waals surface area contributed by atoms with Crippen molar-refractivity contribution >= 4 is 65.6 Å². The summed E-state index contributed by atoms with van der Waals surface area (Å²) in [6, 6.07) is 56.5. The van der Waals surface area contributed by atoms with Gasteiger partial charge in [0.15, 0.2) is 5.58 Å². The molecule has 3 aromatic heterocycles. The van der Waals surface area contributed by atoms with Gasteiger partial charge in [-0.1, -0.05) is 109 Å². The molecule has 0 fully saturated rings. The molecule has 0 N–H and O–H groups in total. The Kier molecular flexibility index (Phi) is 5.00. The second-order valence-electron chi connectivity index (χ2n) is 11.7. The van der Waals surface area contributed by atoms with Crippen LogP contribution in [0, 0.1) is 0 Å². The lowest BCUT2D eigenvalue weighted by atomic mass is 10.0. The van der Waals surface area contributed by atoms with Crippen LogP contribution in [0.5, 0.6) is 0 Å². The summed E-state index contributed by atoms with van der Waals surface area (Å²) in [4.78, 5) is 0. The average molecular weight is 575 g/mol. The summed E-state index contributed by atoms with van der Waals surface area (Å²) in [7, 11) is 0. The Morgan fingerprint density at radius 1 is 0.400 bits per heavy atom. The van der Waals surface area contributed by atoms with Crippen LogP contribution in [0.25, 0.3) is 88.1 Å². The molecule has 0 aliphatic heterocycles. The van der Waals surface area contributed by atoms with E-state index in [-0.39, 0.29) is 0 Å². The van der Waals surface area contributed by atoms with Gasteiger partial charge in [-0.2, -0.15) is 0 Å². The molecule has 3 heterocycles. The van der Waals surface area contributed by atoms with E-state index in [0.717, 1.165) is 49.9 Å². The molecule has 210 valence electrons. The highest BCUT2D eigenvalue weighted by atomic mass is 16.3. The standard InChI is InChI=1S/C42H26N2O/c1-6-19-36(44-38-21-8-2-15-30(38)31-16-3-9-22-39(31)44)29(14-1)27-12-11-13-28(26-27)43-37-20-7-4-17-32(37)34-24-25-35-33-18-5-10-23-40(33)45-42(35)41(34)43/h1-26H. The van der Waals surface area contributed by atoms with E-state index in [1.807, 2.05) is 6.07 Å². The van der Waals surface area contributed by atoms with Crippen LogP contribution in [0.4, 0.5) is 0 Å². The van der Waals surface area contributed by atoms with Gasteiger partial charge in [-0.15, -0.1) is 0 Å². The van der Waals surface area contributed by atoms with Gasteiger partial charge >= 0.3 is 0 Å². The lowest BCUT2D eigenvalue weighted by Crippen LogP contribution is -1.98. The normalized spacial score (nSPS) is 12.0. The first-order valence-electron chi connectivity index (χ1n) is 15.4. The molecule has 45 heavy (non-hydrogen) atoms. The van der Waals surface area contributed by atoms with Crippen molar-refractivity contribution in [2.45, 2.75) is 0 Å². The van der Waals surface area contributed by atoms with Gasteiger partial charge in [0.1, 0.15) is 5.58 Å². The Bertz CT molecular complexity index is 2720. The van der Waals surface area contributed by atoms with E-state index in [4.69, 9.17) is 4.42 Å². The molecule has 3 nitrogen and oxygen atoms in total. The summed E-state index contributed by atoms with van der Waals surface area (Å²) in [6.07, 6.45) is 0. The number of hydrogen-bond acceptors (Lipinski definition) is 1. The lowest BCUT2D eigenvalue weighted by molar-refractivity contribution is 0.671. The maximum absolute atomic E-state index is 6.60. The number of aromatic nitrogens is 2. The second kappa shape index (κ2) is 9.22. The van der Waals surface area contributed by atoms with Crippen molar-refractivity contribution in [2.24, 2.45) is 0 Å². The third-order valence-corrected chi connectivity index (χ3v) is 9.32. The zero-order valence-electron chi connectivity index (χ0n) is 24.3. The molecule has 0 unspecified atom stereocenters. The van der Waals surface area contributed by atoms with E-state index >= 15 is 0 Å². The van der Waals surface area contributed by atoms with Crippen molar-refractivity contribution in [1.29, 1.82) is 0 Å². The van der Waals surface area contributed by atoms with Crippen LogP contribution in [-0.2, 0) is 0 Å². The molecule has 0 aliphatic rings. The van der Waals surface area contributed by atoms with Gasteiger partial charge in [-0.05, 0) is 54.1 Å². The van der Waals surface area contributed by atoms with Gasteiger partial charge < -0.3 is 13.6 Å². The summed E-state index contributed by atoms with van der Waals surface area (Å²) in [5.74, 6) is 0. The van der Waals surface area contributed by atoms with Crippen molar-refractivity contribution in [3.63, 3.8) is 0 Å². The number of hydrogen-bond donors (Lipinski definition) is 0. The zero-order chi connectivity index (χ0) is 29.5. The molecule has 0 radical (unpaired) electrons. The molecule has 7 aromatic carbocycles. The van der Waals surface area contributed by atoms with E-state index in [9.17, 15) is 0 Å². The fourth-order valence-electron chi connectivity index (χ4n) is 7.41. The van der Waals surface area contributed by atoms with Gasteiger partial charge in [-0.25, -0.2) is 0 Å². The molecule has 3 heteroatoms. The van der Waals surface area contributed by atoms with Gasteiger partial charge in [-0.3, -0.25) is 0 Å². The Hall–Kier alpha value is -6.06. The SMILES string of the molecule is c1cc(-c2ccccc2-n2c3ccccc3c3ccccc32)cc(-n2c3ccccc3c3ccc4c5ccccc5oc4c32)c1. The fraction of sp³-hybridized carbons (Fsp3) is 0. The van der Waals surface area contributed by atoms with Crippen molar-refractivity contribution < 1.29 is 4.42 Å². The first-order chi connectivity index (χ1) is 22.3. The number of benzene rings is 7. The Balaban J connectivity index is 1.26. The summed E-state index contributed by atoms with van der Waals surface area (Å²) < 4.78 is 11.4. The van der Waals surface area contributed by atoms with Crippen molar-refractivity contribution in [3.05, 3.63) is 158 Å². The molecule has 0 bridgehead atoms. The van der Waals surface area contributed by atoms with Gasteiger partial charge in [0.25, 0.3) is 0 Å². The molecule has 0 saturated carbocycles. The van der Waals surface area contributed by atoms with Crippen LogP contribution in [0.3, 0.4) is 0 Å². The lowest BCUT2D eigenvalue weighted by Gasteiger charge is -2.15. The molecule has 10 aromatic rings. The zero-order valence-corrected chi connectivity index (χ0v) is 24.3. The van der Waals surface area contributed by atoms with E-state index in [2.05, 4.69) is 161 Å². The van der Waals surface area contributed by atoms with Crippen LogP contribution < -0.4 is 0 Å². The first kappa shape index (κ1) is 24.4. The monoisotopic (exact) mass is 574 g/mol. The van der Waals surface area contributed by atoms with E-state index in [1.54, 1.807) is 0 Å². The van der Waals surface area contributed by atoms with Crippen LogP contribution in [0.1, 0.15) is 0 Å². The fourth-order valence-corrected chi connectivity index (χ4v) is 7.41. The average Bonchev–Trinajstić information content (AvgIpc) is 3.76. The third kappa shape index (κ3) is 3.41. The molecule has 0 spiro atoms. The maximum Gasteiger partial charge on any atom is 0.160 e. The molecule has 0 aliphatic carbocycles. The van der Waals surface area contributed by atoms with Crippen LogP contribution in [0.15, 0.2) is 162 Å². The molecular weight excluding hydrogens is 548 g/mol. The van der Waals surface area contributed by atoms with Crippen molar-refractivity contribution in [2.75, 3.05) is 0 Å². The van der Waals surface area contributed by atoms with Crippen LogP contribution >= 0.6 is 0 Å². The van der Waals surface area contributed by atoms with Crippen LogP contribution in [-0.4, -0.2) is 9.13 Å². The van der Waals surface area contributed by atoms with E-state index in [1.165, 1.54) is 38.1 Å². The minimum absolute atomic E-state index is 0.908. The predicted molar refractivity (Wildman–Crippen MR) is 188 cm³/mol. The highest BCUT2D eigenvalue weighted by Gasteiger charge is 2.20. The molecule has 0 saturated heterocycles. The van der Waals surface area contributed by atoms with Gasteiger partial charge in [0.2, 0.25) is 0 Å². The largest absolute Gasteiger partial charge is 0.454 e. The smallest absolute Gasteiger partial charge is 0.160 e. The summed E-state index contributed by atoms with van der Waals surface area (Å²) in [6.45, 7) is 0. The minimum atomic E-state index is 0.908. The quantitative estimate of drug-likeness (QED) is 0.206. The van der Waals surface area contributed by atoms with Crippen molar-refractivity contribution in [1.82, 2.24) is 9.13 Å². The molecule has 10 rings (SSSR count). The number of furan rings is 1. The summed E-state index contributed by atoms with van der Waals surface area (Å²) in [5.41, 5.74) is 11.1. The Morgan fingerprint density at radius 2 is 0.978 bits per heavy atom. The highest BCUT2D eigenvalue weighted by molar-refractivity contribution is 6.21. The Labute approximate surface area is 258 Å². The number of para-hydroxylation sites is 5. The minimum Gasteiger partial charge on any atom is -0.454 e. The second-order valence-corrected chi connectivity index (χ2v) is 11.7. The van der Waals surface area contributed by atoms with E-state index < -0.39 is 0 Å². The summed E-state index contributed by atoms with van der Waals surface area (Å²) in [5, 5.41) is 7.20. The first-order valence-corrected chi connectivity index (χ1v) is 15.4. The van der Waals surface area contributed by atoms with Gasteiger partial charge in [0.05, 0.1) is 27.8 Å². The molecular formula is C42H26N2O. The van der Waals surface area contributed by atoms with Crippen LogP contribution in [0.2, 0.25) is 0 Å². The molecule has 0 amide bonds. The Morgan fingerprint density at radius 3 is 1.73 bits per heavy atom. The van der Waals surface area contributed by atoms with Crippen molar-refractivity contribution in [3.8, 4) is 22.5 Å². The van der Waals surface area contributed by atoms with Gasteiger partial charge in [0, 0.05) is 43.6 Å². The predicted octanol–water partition coefficient (Wildman–Crippen LogP) is 11.4. The topological polar surface area (TPSA) is 23.0 Å². The molecule has 0 atom stereocenters. The summed E-state index contributed by atoms with van der Waals surface area (Å²) >= 11 is 0. The maximum atomic E-state index is 6.60.